The van der Waals surface area contributed by atoms with Crippen molar-refractivity contribution in [3.8, 4) is 0 Å². The predicted molar refractivity (Wildman–Crippen MR) is 156 cm³/mol. The van der Waals surface area contributed by atoms with Gasteiger partial charge in [0.05, 0.1) is 145 Å². The van der Waals surface area contributed by atoms with Crippen molar-refractivity contribution in [3.63, 3.8) is 0 Å². The monoisotopic (exact) mass is 621 g/mol. The van der Waals surface area contributed by atoms with E-state index in [-0.39, 0.29) is 13.2 Å². The van der Waals surface area contributed by atoms with Crippen molar-refractivity contribution in [2.24, 2.45) is 0 Å². The van der Waals surface area contributed by atoms with Gasteiger partial charge in [-0.15, -0.1) is 12.6 Å². The Morgan fingerprint density at radius 2 is 0.600 bits per heavy atom. The van der Waals surface area contributed by atoms with Gasteiger partial charge in [-0.05, 0) is 0 Å². The number of thiocarbonyl (C=S) groups is 1. The molecule has 40 heavy (non-hydrogen) atoms. The first-order valence-corrected chi connectivity index (χ1v) is 14.5. The third-order valence-corrected chi connectivity index (χ3v) is 5.27. The van der Waals surface area contributed by atoms with Crippen LogP contribution in [-0.4, -0.2) is 178 Å². The number of ether oxygens (including phenoxy) is 10. The Hall–Kier alpha value is -0.240. The molecule has 0 aromatic carbocycles. The zero-order valence-electron chi connectivity index (χ0n) is 23.8. The van der Waals surface area contributed by atoms with Crippen LogP contribution >= 0.6 is 24.8 Å². The van der Waals surface area contributed by atoms with Gasteiger partial charge in [-0.1, -0.05) is 12.2 Å². The second kappa shape index (κ2) is 35.0. The molecular formula is C25H51NO12S2. The first kappa shape index (κ1) is 39.8. The summed E-state index contributed by atoms with van der Waals surface area (Å²) in [6, 6.07) is 0. The highest BCUT2D eigenvalue weighted by Crippen LogP contribution is 1.97. The van der Waals surface area contributed by atoms with E-state index in [1.807, 2.05) is 4.90 Å². The van der Waals surface area contributed by atoms with Crippen LogP contribution in [0.15, 0.2) is 0 Å². The van der Waals surface area contributed by atoms with Crippen LogP contribution in [0.4, 0.5) is 0 Å². The molecule has 0 heterocycles. The quantitative estimate of drug-likeness (QED) is 0.0491. The maximum atomic E-state index is 8.58. The van der Waals surface area contributed by atoms with Crippen molar-refractivity contribution >= 4 is 29.2 Å². The van der Waals surface area contributed by atoms with E-state index < -0.39 is 0 Å². The van der Waals surface area contributed by atoms with Crippen LogP contribution in [0, 0.1) is 0 Å². The van der Waals surface area contributed by atoms with Crippen molar-refractivity contribution < 1.29 is 57.6 Å². The van der Waals surface area contributed by atoms with E-state index in [2.05, 4.69) is 12.6 Å². The Kier molecular flexibility index (Phi) is 34.7. The lowest BCUT2D eigenvalue weighted by Crippen LogP contribution is -2.33. The molecule has 0 unspecified atom stereocenters. The summed E-state index contributed by atoms with van der Waals surface area (Å²) in [5.74, 6) is 0. The molecule has 0 radical (unpaired) electrons. The zero-order chi connectivity index (χ0) is 29.2. The van der Waals surface area contributed by atoms with Crippen LogP contribution in [-0.2, 0) is 47.4 Å². The lowest BCUT2D eigenvalue weighted by Gasteiger charge is -2.22. The summed E-state index contributed by atoms with van der Waals surface area (Å²) >= 11 is 9.47. The molecule has 0 aliphatic carbocycles. The summed E-state index contributed by atoms with van der Waals surface area (Å²) in [5.41, 5.74) is 0. The highest BCUT2D eigenvalue weighted by atomic mass is 32.1. The maximum Gasteiger partial charge on any atom is 0.133 e. The van der Waals surface area contributed by atoms with Gasteiger partial charge in [0.2, 0.25) is 0 Å². The van der Waals surface area contributed by atoms with Gasteiger partial charge in [0.1, 0.15) is 4.32 Å². The second-order valence-corrected chi connectivity index (χ2v) is 8.95. The third-order valence-electron chi connectivity index (χ3n) is 4.73. The summed E-state index contributed by atoms with van der Waals surface area (Å²) in [6.07, 6.45) is 0. The second-order valence-electron chi connectivity index (χ2n) is 7.84. The van der Waals surface area contributed by atoms with Crippen molar-refractivity contribution in [1.29, 1.82) is 0 Å². The Labute approximate surface area is 249 Å². The van der Waals surface area contributed by atoms with Gasteiger partial charge in [-0.3, -0.25) is 0 Å². The molecule has 0 fully saturated rings. The Balaban J connectivity index is 3.37. The average Bonchev–Trinajstić information content (AvgIpc) is 2.95. The minimum Gasteiger partial charge on any atom is -0.394 e. The molecule has 0 atom stereocenters. The van der Waals surface area contributed by atoms with Crippen molar-refractivity contribution in [1.82, 2.24) is 4.90 Å². The molecule has 0 aliphatic heterocycles. The van der Waals surface area contributed by atoms with Gasteiger partial charge in [0, 0.05) is 13.1 Å². The highest BCUT2D eigenvalue weighted by Gasteiger charge is 2.06. The van der Waals surface area contributed by atoms with E-state index >= 15 is 0 Å². The minimum atomic E-state index is 0.0197. The Bertz CT molecular complexity index is 478. The molecule has 0 rings (SSSR count). The van der Waals surface area contributed by atoms with E-state index in [9.17, 15) is 0 Å². The molecule has 0 aromatic rings. The maximum absolute atomic E-state index is 8.58. The summed E-state index contributed by atoms with van der Waals surface area (Å²) in [4.78, 5) is 1.92. The molecule has 0 spiro atoms. The van der Waals surface area contributed by atoms with Gasteiger partial charge in [-0.25, -0.2) is 0 Å². The van der Waals surface area contributed by atoms with E-state index in [1.54, 1.807) is 0 Å². The predicted octanol–water partition coefficient (Wildman–Crippen LogP) is -0.346. The molecule has 240 valence electrons. The fraction of sp³-hybridized carbons (Fsp3) is 0.960. The van der Waals surface area contributed by atoms with Gasteiger partial charge >= 0.3 is 0 Å². The third kappa shape index (κ3) is 32.3. The number of aliphatic hydroxyl groups excluding tert-OH is 2. The SMILES string of the molecule is OCCOCCOCCOCCOCCOCCN(CCOCCOCCOCCOCCOCCO)C(=S)S. The molecule has 0 saturated carbocycles. The van der Waals surface area contributed by atoms with Gasteiger partial charge in [0.25, 0.3) is 0 Å². The van der Waals surface area contributed by atoms with Crippen molar-refractivity contribution in [2.75, 3.05) is 158 Å². The van der Waals surface area contributed by atoms with Crippen molar-refractivity contribution in [2.45, 2.75) is 0 Å². The van der Waals surface area contributed by atoms with Crippen LogP contribution in [0.1, 0.15) is 0 Å². The van der Waals surface area contributed by atoms with Crippen LogP contribution in [0.3, 0.4) is 0 Å². The van der Waals surface area contributed by atoms with Crippen LogP contribution < -0.4 is 0 Å². The largest absolute Gasteiger partial charge is 0.394 e. The molecule has 2 N–H and O–H groups in total. The Morgan fingerprint density at radius 3 is 0.800 bits per heavy atom. The smallest absolute Gasteiger partial charge is 0.133 e. The molecule has 15 heteroatoms. The molecule has 0 amide bonds. The zero-order valence-corrected chi connectivity index (χ0v) is 25.5. The van der Waals surface area contributed by atoms with Gasteiger partial charge in [-0.2, -0.15) is 0 Å². The molecule has 0 saturated heterocycles. The Morgan fingerprint density at radius 1 is 0.400 bits per heavy atom. The summed E-state index contributed by atoms with van der Waals surface area (Å²) in [7, 11) is 0. The first-order valence-electron chi connectivity index (χ1n) is 13.7. The number of nitrogens with zero attached hydrogens (tertiary/aromatic N) is 1. The normalized spacial score (nSPS) is 11.4. The van der Waals surface area contributed by atoms with Crippen LogP contribution in [0.5, 0.6) is 0 Å². The van der Waals surface area contributed by atoms with E-state index in [1.165, 1.54) is 0 Å². The van der Waals surface area contributed by atoms with Gasteiger partial charge in [0.15, 0.2) is 0 Å². The van der Waals surface area contributed by atoms with Crippen LogP contribution in [0.2, 0.25) is 0 Å². The first-order chi connectivity index (χ1) is 19.7. The molecule has 13 nitrogen and oxygen atoms in total. The number of thiol groups is 1. The molecule has 0 aromatic heterocycles. The standard InChI is InChI=1S/C25H51NO12S2/c27-3-7-31-11-15-35-19-23-37-21-17-33-13-9-29-5-1-26(25(39)40)2-6-30-10-14-34-18-22-38-24-20-36-16-12-32-8-4-28/h27-28H,1-24H2,(H,39,40). The van der Waals surface area contributed by atoms with Crippen molar-refractivity contribution in [3.05, 3.63) is 0 Å². The number of hydrogen-bond donors (Lipinski definition) is 3. The molecule has 0 bridgehead atoms. The summed E-state index contributed by atoms with van der Waals surface area (Å²) in [5, 5.41) is 17.2. The van der Waals surface area contributed by atoms with Crippen LogP contribution in [0.25, 0.3) is 0 Å². The average molecular weight is 622 g/mol. The molecular weight excluding hydrogens is 570 g/mol. The fourth-order valence-corrected chi connectivity index (χ4v) is 3.13. The fourth-order valence-electron chi connectivity index (χ4n) is 2.75. The lowest BCUT2D eigenvalue weighted by atomic mass is 10.5. The topological polar surface area (TPSA) is 136 Å². The van der Waals surface area contributed by atoms with E-state index in [4.69, 9.17) is 69.8 Å². The number of aliphatic hydroxyl groups is 2. The van der Waals surface area contributed by atoms with Gasteiger partial charge < -0.3 is 62.5 Å². The number of rotatable bonds is 34. The minimum absolute atomic E-state index is 0.0197. The summed E-state index contributed by atoms with van der Waals surface area (Å²) in [6.45, 7) is 10.7. The number of hydrogen-bond acceptors (Lipinski definition) is 13. The van der Waals surface area contributed by atoms with E-state index in [0.29, 0.717) is 150 Å². The molecule has 0 aliphatic rings. The lowest BCUT2D eigenvalue weighted by molar-refractivity contribution is -0.0153. The summed E-state index contributed by atoms with van der Waals surface area (Å²) < 4.78 is 54.3. The highest BCUT2D eigenvalue weighted by molar-refractivity contribution is 8.10. The van der Waals surface area contributed by atoms with E-state index in [0.717, 1.165) is 0 Å².